The molecule has 13 heavy (non-hydrogen) atoms. The van der Waals surface area contributed by atoms with Crippen molar-refractivity contribution in [3.63, 3.8) is 0 Å². The van der Waals surface area contributed by atoms with Crippen LogP contribution < -0.4 is 5.32 Å². The number of carboxylic acid groups (broad SMARTS) is 1. The normalized spacial score (nSPS) is 12.7. The third-order valence-electron chi connectivity index (χ3n) is 1.67. The number of hydrogen-bond donors (Lipinski definition) is 2. The van der Waals surface area contributed by atoms with Crippen molar-refractivity contribution >= 4 is 17.3 Å². The molecule has 5 heteroatoms. The van der Waals surface area contributed by atoms with E-state index in [9.17, 15) is 4.79 Å². The van der Waals surface area contributed by atoms with Gasteiger partial charge in [0.25, 0.3) is 0 Å². The van der Waals surface area contributed by atoms with Gasteiger partial charge in [0.05, 0.1) is 11.9 Å². The number of nitrogens with zero attached hydrogens (tertiary/aromatic N) is 1. The largest absolute Gasteiger partial charge is 0.481 e. The maximum Gasteiger partial charge on any atom is 0.304 e. The summed E-state index contributed by atoms with van der Waals surface area (Å²) in [6.45, 7) is 2.49. The number of nitrogens with one attached hydrogen (secondary N) is 1. The van der Waals surface area contributed by atoms with Gasteiger partial charge in [-0.3, -0.25) is 9.78 Å². The van der Waals surface area contributed by atoms with Crippen LogP contribution in [-0.2, 0) is 4.79 Å². The van der Waals surface area contributed by atoms with E-state index in [1.807, 2.05) is 6.92 Å². The van der Waals surface area contributed by atoms with Crippen LogP contribution in [0.25, 0.3) is 0 Å². The van der Waals surface area contributed by atoms with Crippen LogP contribution in [0.2, 0.25) is 0 Å². The van der Waals surface area contributed by atoms with Gasteiger partial charge in [0.1, 0.15) is 0 Å². The van der Waals surface area contributed by atoms with Crippen molar-refractivity contribution in [2.45, 2.75) is 19.4 Å². The highest BCUT2D eigenvalue weighted by atomic mass is 32.1. The molecule has 1 unspecified atom stereocenters. The SMILES string of the molecule is CC(NCCC(=O)O)c1cncs1. The minimum atomic E-state index is -0.774. The standard InChI is InChI=1S/C8H12N2O2S/c1-6(7-4-9-5-13-7)10-3-2-8(11)12/h4-6,10H,2-3H2,1H3,(H,11,12). The number of rotatable bonds is 5. The van der Waals surface area contributed by atoms with Gasteiger partial charge in [-0.1, -0.05) is 0 Å². The smallest absolute Gasteiger partial charge is 0.304 e. The van der Waals surface area contributed by atoms with E-state index in [2.05, 4.69) is 10.3 Å². The molecule has 0 amide bonds. The van der Waals surface area contributed by atoms with E-state index in [-0.39, 0.29) is 12.5 Å². The fourth-order valence-corrected chi connectivity index (χ4v) is 1.59. The van der Waals surface area contributed by atoms with Gasteiger partial charge >= 0.3 is 5.97 Å². The molecule has 0 spiro atoms. The zero-order valence-electron chi connectivity index (χ0n) is 7.36. The molecular formula is C8H12N2O2S. The average molecular weight is 200 g/mol. The molecule has 0 bridgehead atoms. The summed E-state index contributed by atoms with van der Waals surface area (Å²) in [6, 6.07) is 0.187. The second kappa shape index (κ2) is 4.94. The van der Waals surface area contributed by atoms with Crippen LogP contribution in [-0.4, -0.2) is 22.6 Å². The molecule has 1 aromatic rings. The fourth-order valence-electron chi connectivity index (χ4n) is 0.936. The van der Waals surface area contributed by atoms with E-state index in [0.717, 1.165) is 4.88 Å². The molecule has 1 aromatic heterocycles. The average Bonchev–Trinajstić information content (AvgIpc) is 2.55. The van der Waals surface area contributed by atoms with Gasteiger partial charge in [-0.15, -0.1) is 11.3 Å². The lowest BCUT2D eigenvalue weighted by molar-refractivity contribution is -0.136. The number of thiazole rings is 1. The van der Waals surface area contributed by atoms with Crippen molar-refractivity contribution in [2.75, 3.05) is 6.54 Å². The summed E-state index contributed by atoms with van der Waals surface area (Å²) in [4.78, 5) is 15.3. The van der Waals surface area contributed by atoms with Crippen LogP contribution in [0.1, 0.15) is 24.3 Å². The van der Waals surface area contributed by atoms with Crippen molar-refractivity contribution < 1.29 is 9.90 Å². The van der Waals surface area contributed by atoms with Crippen LogP contribution in [0.3, 0.4) is 0 Å². The van der Waals surface area contributed by atoms with Crippen LogP contribution in [0.4, 0.5) is 0 Å². The molecule has 0 fully saturated rings. The zero-order valence-corrected chi connectivity index (χ0v) is 8.17. The van der Waals surface area contributed by atoms with Crippen LogP contribution in [0.15, 0.2) is 11.7 Å². The summed E-state index contributed by atoms with van der Waals surface area (Å²) < 4.78 is 0. The van der Waals surface area contributed by atoms with E-state index in [1.165, 1.54) is 0 Å². The van der Waals surface area contributed by atoms with Gasteiger partial charge in [-0.25, -0.2) is 0 Å². The molecule has 1 rings (SSSR count). The number of aliphatic carboxylic acids is 1. The minimum absolute atomic E-state index is 0.156. The summed E-state index contributed by atoms with van der Waals surface area (Å²) in [5, 5.41) is 11.5. The topological polar surface area (TPSA) is 62.2 Å². The second-order valence-electron chi connectivity index (χ2n) is 2.72. The van der Waals surface area contributed by atoms with Gasteiger partial charge in [0, 0.05) is 23.7 Å². The van der Waals surface area contributed by atoms with E-state index in [4.69, 9.17) is 5.11 Å². The van der Waals surface area contributed by atoms with Gasteiger partial charge in [0.15, 0.2) is 0 Å². The summed E-state index contributed by atoms with van der Waals surface area (Å²) in [5.41, 5.74) is 1.77. The van der Waals surface area contributed by atoms with Crippen LogP contribution >= 0.6 is 11.3 Å². The van der Waals surface area contributed by atoms with Gasteiger partial charge in [-0.05, 0) is 6.92 Å². The molecule has 1 heterocycles. The molecular weight excluding hydrogens is 188 g/mol. The number of aromatic nitrogens is 1. The molecule has 0 radical (unpaired) electrons. The Kier molecular flexibility index (Phi) is 3.85. The van der Waals surface area contributed by atoms with Gasteiger partial charge in [0.2, 0.25) is 0 Å². The Balaban J connectivity index is 2.26. The Hall–Kier alpha value is -0.940. The Labute approximate surface area is 80.6 Å². The second-order valence-corrected chi connectivity index (χ2v) is 3.64. The lowest BCUT2D eigenvalue weighted by Crippen LogP contribution is -2.21. The van der Waals surface area contributed by atoms with E-state index < -0.39 is 5.97 Å². The first-order chi connectivity index (χ1) is 6.20. The summed E-state index contributed by atoms with van der Waals surface area (Å²) in [7, 11) is 0. The number of hydrogen-bond acceptors (Lipinski definition) is 4. The van der Waals surface area contributed by atoms with E-state index in [0.29, 0.717) is 6.54 Å². The summed E-state index contributed by atoms with van der Waals surface area (Å²) >= 11 is 1.57. The predicted molar refractivity (Wildman–Crippen MR) is 50.8 cm³/mol. The van der Waals surface area contributed by atoms with Crippen molar-refractivity contribution in [1.29, 1.82) is 0 Å². The maximum absolute atomic E-state index is 10.2. The molecule has 0 aliphatic heterocycles. The van der Waals surface area contributed by atoms with Crippen molar-refractivity contribution in [1.82, 2.24) is 10.3 Å². The summed E-state index contributed by atoms with van der Waals surface area (Å²) in [6.07, 6.45) is 1.95. The van der Waals surface area contributed by atoms with Crippen LogP contribution in [0, 0.1) is 0 Å². The first-order valence-electron chi connectivity index (χ1n) is 4.03. The van der Waals surface area contributed by atoms with Crippen molar-refractivity contribution in [3.8, 4) is 0 Å². The molecule has 0 aromatic carbocycles. The summed E-state index contributed by atoms with van der Waals surface area (Å²) in [5.74, 6) is -0.774. The van der Waals surface area contributed by atoms with Crippen LogP contribution in [0.5, 0.6) is 0 Å². The molecule has 0 saturated carbocycles. The highest BCUT2D eigenvalue weighted by Gasteiger charge is 2.06. The molecule has 0 saturated heterocycles. The lowest BCUT2D eigenvalue weighted by Gasteiger charge is -2.09. The van der Waals surface area contributed by atoms with E-state index >= 15 is 0 Å². The third-order valence-corrected chi connectivity index (χ3v) is 2.63. The Morgan fingerprint density at radius 2 is 2.62 bits per heavy atom. The first kappa shape index (κ1) is 10.1. The fraction of sp³-hybridized carbons (Fsp3) is 0.500. The quantitative estimate of drug-likeness (QED) is 0.751. The third kappa shape index (κ3) is 3.52. The Morgan fingerprint density at radius 3 is 3.15 bits per heavy atom. The lowest BCUT2D eigenvalue weighted by atomic mass is 10.3. The minimum Gasteiger partial charge on any atom is -0.481 e. The Bertz CT molecular complexity index is 261. The highest BCUT2D eigenvalue weighted by molar-refractivity contribution is 7.09. The number of carboxylic acids is 1. The van der Waals surface area contributed by atoms with E-state index in [1.54, 1.807) is 23.0 Å². The maximum atomic E-state index is 10.2. The van der Waals surface area contributed by atoms with Crippen molar-refractivity contribution in [3.05, 3.63) is 16.6 Å². The highest BCUT2D eigenvalue weighted by Crippen LogP contribution is 2.15. The van der Waals surface area contributed by atoms with Gasteiger partial charge in [-0.2, -0.15) is 0 Å². The van der Waals surface area contributed by atoms with Gasteiger partial charge < -0.3 is 10.4 Å². The molecule has 4 nitrogen and oxygen atoms in total. The number of carbonyl (C=O) groups is 1. The molecule has 1 atom stereocenters. The molecule has 0 aliphatic rings. The first-order valence-corrected chi connectivity index (χ1v) is 4.91. The van der Waals surface area contributed by atoms with Crippen molar-refractivity contribution in [2.24, 2.45) is 0 Å². The monoisotopic (exact) mass is 200 g/mol. The zero-order chi connectivity index (χ0) is 9.68. The molecule has 72 valence electrons. The molecule has 0 aliphatic carbocycles. The molecule has 2 N–H and O–H groups in total. The Morgan fingerprint density at radius 1 is 1.85 bits per heavy atom. The predicted octanol–water partition coefficient (Wildman–Crippen LogP) is 1.27.